The van der Waals surface area contributed by atoms with Crippen LogP contribution in [0.5, 0.6) is 5.75 Å². The van der Waals surface area contributed by atoms with Crippen molar-refractivity contribution in [1.29, 1.82) is 0 Å². The topological polar surface area (TPSA) is 52.3 Å². The lowest BCUT2D eigenvalue weighted by molar-refractivity contribution is 0.304. The Balaban J connectivity index is 0.00000274. The summed E-state index contributed by atoms with van der Waals surface area (Å²) < 4.78 is 35.7. The molecule has 0 bridgehead atoms. The van der Waals surface area contributed by atoms with Gasteiger partial charge in [0.15, 0.2) is 0 Å². The van der Waals surface area contributed by atoms with Crippen molar-refractivity contribution in [3.05, 3.63) is 88.5 Å². The molecule has 0 saturated carbocycles. The fourth-order valence-corrected chi connectivity index (χ4v) is 4.27. The lowest BCUT2D eigenvalue weighted by Gasteiger charge is -2.14. The van der Waals surface area contributed by atoms with Gasteiger partial charge in [-0.25, -0.2) is 8.78 Å². The van der Waals surface area contributed by atoms with Gasteiger partial charge in [-0.05, 0) is 67.9 Å². The van der Waals surface area contributed by atoms with Crippen molar-refractivity contribution in [3.8, 4) is 11.4 Å². The summed E-state index contributed by atoms with van der Waals surface area (Å²) in [7, 11) is 0. The van der Waals surface area contributed by atoms with E-state index in [0.29, 0.717) is 11.3 Å². The number of likely N-dealkylation sites (tertiary alicyclic amines) is 1. The molecule has 0 N–H and O–H groups in total. The van der Waals surface area contributed by atoms with Crippen LogP contribution < -0.4 is 10.3 Å². The number of hydrogen-bond acceptors (Lipinski definition) is 4. The van der Waals surface area contributed by atoms with Gasteiger partial charge in [0.1, 0.15) is 24.0 Å². The van der Waals surface area contributed by atoms with Crippen LogP contribution in [0, 0.1) is 11.6 Å². The zero-order valence-electron chi connectivity index (χ0n) is 18.5. The van der Waals surface area contributed by atoms with Crippen molar-refractivity contribution in [2.24, 2.45) is 0 Å². The molecule has 0 aliphatic carbocycles. The summed E-state index contributed by atoms with van der Waals surface area (Å²) in [5.41, 5.74) is 1.85. The minimum absolute atomic E-state index is 0. The number of pyridine rings is 1. The Bertz CT molecular complexity index is 1330. The second-order valence-electron chi connectivity index (χ2n) is 8.30. The van der Waals surface area contributed by atoms with Gasteiger partial charge in [0, 0.05) is 35.9 Å². The van der Waals surface area contributed by atoms with Crippen molar-refractivity contribution in [1.82, 2.24) is 19.2 Å². The van der Waals surface area contributed by atoms with Crippen molar-refractivity contribution in [2.75, 3.05) is 19.6 Å². The number of aromatic nitrogens is 3. The van der Waals surface area contributed by atoms with Gasteiger partial charge < -0.3 is 9.64 Å². The number of nitrogens with zero attached hydrogens (tertiary/aromatic N) is 4. The summed E-state index contributed by atoms with van der Waals surface area (Å²) in [5.74, 6) is -1.01. The molecule has 178 valence electrons. The lowest BCUT2D eigenvalue weighted by Crippen LogP contribution is -2.24. The highest BCUT2D eigenvalue weighted by Crippen LogP contribution is 2.19. The van der Waals surface area contributed by atoms with Gasteiger partial charge in [-0.15, -0.1) is 12.4 Å². The zero-order chi connectivity index (χ0) is 22.8. The first-order chi connectivity index (χ1) is 16.0. The van der Waals surface area contributed by atoms with Gasteiger partial charge in [0.25, 0.3) is 5.56 Å². The molecule has 6 nitrogen and oxygen atoms in total. The maximum atomic E-state index is 13.3. The summed E-state index contributed by atoms with van der Waals surface area (Å²) >= 11 is 0. The predicted octanol–water partition coefficient (Wildman–Crippen LogP) is 4.56. The summed E-state index contributed by atoms with van der Waals surface area (Å²) in [6.07, 6.45) is 5.99. The third kappa shape index (κ3) is 5.29. The van der Waals surface area contributed by atoms with E-state index in [4.69, 9.17) is 4.74 Å². The summed E-state index contributed by atoms with van der Waals surface area (Å²) in [6, 6.07) is 12.0. The van der Waals surface area contributed by atoms with Crippen molar-refractivity contribution < 1.29 is 13.5 Å². The Morgan fingerprint density at radius 1 is 0.941 bits per heavy atom. The normalized spacial score (nSPS) is 13.8. The fraction of sp³-hybridized carbons (Fsp3) is 0.280. The van der Waals surface area contributed by atoms with E-state index in [1.54, 1.807) is 12.3 Å². The van der Waals surface area contributed by atoms with Gasteiger partial charge in [-0.1, -0.05) is 0 Å². The van der Waals surface area contributed by atoms with Crippen LogP contribution in [0.2, 0.25) is 0 Å². The third-order valence-corrected chi connectivity index (χ3v) is 5.95. The Kier molecular flexibility index (Phi) is 7.29. The van der Waals surface area contributed by atoms with Crippen molar-refractivity contribution in [2.45, 2.75) is 26.0 Å². The number of benzene rings is 2. The molecule has 9 heteroatoms. The summed E-state index contributed by atoms with van der Waals surface area (Å²) in [4.78, 5) is 15.1. The molecule has 0 atom stereocenters. The highest BCUT2D eigenvalue weighted by molar-refractivity contribution is 5.85. The first-order valence-electron chi connectivity index (χ1n) is 11.0. The smallest absolute Gasteiger partial charge is 0.258 e. The molecule has 1 aliphatic heterocycles. The Labute approximate surface area is 201 Å². The second kappa shape index (κ2) is 10.4. The van der Waals surface area contributed by atoms with Crippen LogP contribution in [0.15, 0.2) is 65.7 Å². The zero-order valence-corrected chi connectivity index (χ0v) is 19.3. The second-order valence-corrected chi connectivity index (χ2v) is 8.30. The third-order valence-electron chi connectivity index (χ3n) is 5.95. The SMILES string of the molecule is Cl.O=c1cc(OCc2cc(F)cc(F)c2)ccn1-c1ccc2c(cnn2CCN2CCCC2)c1. The summed E-state index contributed by atoms with van der Waals surface area (Å²) in [5, 5.41) is 5.49. The van der Waals surface area contributed by atoms with Gasteiger partial charge in [-0.3, -0.25) is 14.0 Å². The molecule has 34 heavy (non-hydrogen) atoms. The van der Waals surface area contributed by atoms with E-state index in [2.05, 4.69) is 10.00 Å². The molecule has 1 aliphatic rings. The standard InChI is InChI=1S/C25H24F2N4O2.ClH/c26-20-11-18(12-21(27)14-20)17-33-23-5-8-30(25(32)15-23)22-3-4-24-19(13-22)16-28-31(24)10-9-29-6-1-2-7-29;/h3-5,8,11-16H,1-2,6-7,9-10,17H2;1H. The Morgan fingerprint density at radius 3 is 2.44 bits per heavy atom. The molecule has 2 aromatic carbocycles. The van der Waals surface area contributed by atoms with Crippen LogP contribution in [0.1, 0.15) is 18.4 Å². The molecule has 5 rings (SSSR count). The molecule has 0 amide bonds. The molecule has 1 fully saturated rings. The van der Waals surface area contributed by atoms with Crippen LogP contribution in [0.3, 0.4) is 0 Å². The quantitative estimate of drug-likeness (QED) is 0.384. The van der Waals surface area contributed by atoms with Crippen molar-refractivity contribution >= 4 is 23.3 Å². The largest absolute Gasteiger partial charge is 0.489 e. The minimum atomic E-state index is -0.668. The minimum Gasteiger partial charge on any atom is -0.489 e. The van der Waals surface area contributed by atoms with Crippen LogP contribution in [-0.4, -0.2) is 38.9 Å². The highest BCUT2D eigenvalue weighted by Gasteiger charge is 2.12. The Morgan fingerprint density at radius 2 is 1.71 bits per heavy atom. The number of halogens is 3. The van der Waals surface area contributed by atoms with E-state index >= 15 is 0 Å². The summed E-state index contributed by atoms with van der Waals surface area (Å²) in [6.45, 7) is 4.10. The number of ether oxygens (including phenoxy) is 1. The first kappa shape index (κ1) is 23.9. The van der Waals surface area contributed by atoms with E-state index in [1.807, 2.05) is 29.1 Å². The predicted molar refractivity (Wildman–Crippen MR) is 129 cm³/mol. The maximum Gasteiger partial charge on any atom is 0.258 e. The molecule has 2 aromatic heterocycles. The van der Waals surface area contributed by atoms with Crippen molar-refractivity contribution in [3.63, 3.8) is 0 Å². The lowest BCUT2D eigenvalue weighted by atomic mass is 10.2. The van der Waals surface area contributed by atoms with E-state index in [-0.39, 0.29) is 24.6 Å². The molecular weight excluding hydrogens is 462 g/mol. The van der Waals surface area contributed by atoms with Gasteiger partial charge in [-0.2, -0.15) is 5.10 Å². The number of fused-ring (bicyclic) bond motifs is 1. The molecule has 0 radical (unpaired) electrons. The van der Waals surface area contributed by atoms with E-state index in [1.165, 1.54) is 35.6 Å². The van der Waals surface area contributed by atoms with Crippen LogP contribution in [0.25, 0.3) is 16.6 Å². The maximum absolute atomic E-state index is 13.3. The monoisotopic (exact) mass is 486 g/mol. The fourth-order valence-electron chi connectivity index (χ4n) is 4.27. The number of hydrogen-bond donors (Lipinski definition) is 0. The molecule has 3 heterocycles. The highest BCUT2D eigenvalue weighted by atomic mass is 35.5. The van der Waals surface area contributed by atoms with Gasteiger partial charge in [0.05, 0.1) is 18.3 Å². The van der Waals surface area contributed by atoms with Gasteiger partial charge >= 0.3 is 0 Å². The van der Waals surface area contributed by atoms with E-state index in [9.17, 15) is 13.6 Å². The van der Waals surface area contributed by atoms with Gasteiger partial charge in [0.2, 0.25) is 0 Å². The first-order valence-corrected chi connectivity index (χ1v) is 11.0. The van der Waals surface area contributed by atoms with E-state index in [0.717, 1.165) is 48.8 Å². The average molecular weight is 487 g/mol. The molecule has 1 saturated heterocycles. The van der Waals surface area contributed by atoms with E-state index < -0.39 is 11.6 Å². The van der Waals surface area contributed by atoms with Crippen LogP contribution >= 0.6 is 12.4 Å². The van der Waals surface area contributed by atoms with Crippen LogP contribution in [-0.2, 0) is 13.2 Å². The average Bonchev–Trinajstić information content (AvgIpc) is 3.45. The Hall–Kier alpha value is -3.23. The molecule has 0 spiro atoms. The molecule has 0 unspecified atom stereocenters. The number of rotatable bonds is 7. The molecule has 4 aromatic rings. The molecular formula is C25H25ClF2N4O2. The van der Waals surface area contributed by atoms with Crippen LogP contribution in [0.4, 0.5) is 8.78 Å².